The zero-order valence-corrected chi connectivity index (χ0v) is 19.1. The molecule has 8 nitrogen and oxygen atoms in total. The van der Waals surface area contributed by atoms with Gasteiger partial charge in [0.1, 0.15) is 5.75 Å². The second-order valence-electron chi connectivity index (χ2n) is 7.58. The van der Waals surface area contributed by atoms with Crippen LogP contribution >= 0.6 is 0 Å². The molecule has 3 rings (SSSR count). The van der Waals surface area contributed by atoms with Crippen molar-refractivity contribution < 1.29 is 26.4 Å². The number of carbonyl (C=O) groups excluding carboxylic acids is 1. The van der Waals surface area contributed by atoms with Gasteiger partial charge >= 0.3 is 0 Å². The number of hydrogen-bond donors (Lipinski definition) is 0. The third kappa shape index (κ3) is 4.13. The summed E-state index contributed by atoms with van der Waals surface area (Å²) >= 11 is 0. The molecule has 2 aliphatic heterocycles. The summed E-state index contributed by atoms with van der Waals surface area (Å²) in [5.74, 6) is -0.689. The Morgan fingerprint density at radius 3 is 2.30 bits per heavy atom. The number of fused-ring (bicyclic) bond motifs is 1. The number of rotatable bonds is 9. The highest BCUT2D eigenvalue weighted by molar-refractivity contribution is 7.89. The average molecular weight is 457 g/mol. The van der Waals surface area contributed by atoms with E-state index in [2.05, 4.69) is 6.92 Å². The summed E-state index contributed by atoms with van der Waals surface area (Å²) in [4.78, 5) is 12.9. The predicted molar refractivity (Wildman–Crippen MR) is 113 cm³/mol. The fourth-order valence-corrected chi connectivity index (χ4v) is 6.56. The van der Waals surface area contributed by atoms with Crippen LogP contribution in [0, 0.1) is 5.92 Å². The van der Waals surface area contributed by atoms with Crippen LogP contribution in [0.4, 0.5) is 0 Å². The maximum absolute atomic E-state index is 13.3. The lowest BCUT2D eigenvalue weighted by atomic mass is 9.97. The highest BCUT2D eigenvalue weighted by atomic mass is 32.2. The molecule has 0 N–H and O–H groups in total. The Morgan fingerprint density at radius 2 is 1.73 bits per heavy atom. The number of sulfonamides is 2. The molecule has 0 aromatic heterocycles. The summed E-state index contributed by atoms with van der Waals surface area (Å²) in [5.41, 5.74) is 0.240. The van der Waals surface area contributed by atoms with Gasteiger partial charge in [-0.1, -0.05) is 26.7 Å². The third-order valence-electron chi connectivity index (χ3n) is 5.35. The van der Waals surface area contributed by atoms with Crippen molar-refractivity contribution in [1.29, 1.82) is 0 Å². The van der Waals surface area contributed by atoms with E-state index in [0.29, 0.717) is 25.2 Å². The molecular weight excluding hydrogens is 428 g/mol. The van der Waals surface area contributed by atoms with E-state index in [0.717, 1.165) is 23.4 Å². The second kappa shape index (κ2) is 8.68. The largest absolute Gasteiger partial charge is 0.494 e. The van der Waals surface area contributed by atoms with Crippen LogP contribution in [0.3, 0.4) is 0 Å². The van der Waals surface area contributed by atoms with Gasteiger partial charge in [0.25, 0.3) is 0 Å². The molecule has 0 aliphatic carbocycles. The lowest BCUT2D eigenvalue weighted by Gasteiger charge is -2.26. The SMILES string of the molecule is CCCCOc1ccc(S(=O)(=O)N2CC=C3[C@H]2[C@@H](CCC)C(=O)N3S(C)(=O)=O)cc1. The molecule has 30 heavy (non-hydrogen) atoms. The first kappa shape index (κ1) is 22.8. The van der Waals surface area contributed by atoms with Gasteiger partial charge in [-0.3, -0.25) is 4.79 Å². The molecule has 0 radical (unpaired) electrons. The Bertz CT molecular complexity index is 1030. The van der Waals surface area contributed by atoms with E-state index >= 15 is 0 Å². The van der Waals surface area contributed by atoms with Crippen LogP contribution in [-0.4, -0.2) is 56.8 Å². The minimum atomic E-state index is -3.93. The van der Waals surface area contributed by atoms with Crippen LogP contribution in [0.25, 0.3) is 0 Å². The number of benzene rings is 1. The summed E-state index contributed by atoms with van der Waals surface area (Å²) < 4.78 is 58.6. The molecule has 2 heterocycles. The molecule has 0 unspecified atom stereocenters. The summed E-state index contributed by atoms with van der Waals surface area (Å²) in [6.45, 7) is 4.52. The number of carbonyl (C=O) groups is 1. The van der Waals surface area contributed by atoms with Gasteiger partial charge in [-0.15, -0.1) is 0 Å². The first-order chi connectivity index (χ1) is 14.1. The fraction of sp³-hybridized carbons (Fsp3) is 0.550. The minimum Gasteiger partial charge on any atom is -0.494 e. The Balaban J connectivity index is 1.90. The summed E-state index contributed by atoms with van der Waals surface area (Å²) in [6.07, 6.45) is 5.44. The zero-order chi connectivity index (χ0) is 22.1. The summed E-state index contributed by atoms with van der Waals surface area (Å²) in [7, 11) is -7.76. The molecule has 1 fully saturated rings. The van der Waals surface area contributed by atoms with Gasteiger partial charge in [0.2, 0.25) is 26.0 Å². The number of amides is 1. The number of ether oxygens (including phenoxy) is 1. The molecule has 166 valence electrons. The fourth-order valence-electron chi connectivity index (χ4n) is 3.96. The Kier molecular flexibility index (Phi) is 6.59. The molecule has 0 spiro atoms. The van der Waals surface area contributed by atoms with Crippen molar-refractivity contribution in [2.45, 2.75) is 50.5 Å². The van der Waals surface area contributed by atoms with Crippen molar-refractivity contribution in [2.75, 3.05) is 19.4 Å². The number of unbranched alkanes of at least 4 members (excludes halogenated alkanes) is 1. The average Bonchev–Trinajstić information content (AvgIpc) is 3.21. The van der Waals surface area contributed by atoms with Crippen molar-refractivity contribution in [1.82, 2.24) is 8.61 Å². The first-order valence-electron chi connectivity index (χ1n) is 10.1. The lowest BCUT2D eigenvalue weighted by Crippen LogP contribution is -2.41. The van der Waals surface area contributed by atoms with E-state index in [1.165, 1.54) is 22.5 Å². The Morgan fingerprint density at radius 1 is 1.07 bits per heavy atom. The standard InChI is InChI=1S/C20H28N2O6S2/c1-4-6-14-28-15-8-10-16(11-9-15)30(26,27)21-13-12-18-19(21)17(7-5-2)20(23)22(18)29(3,24)25/h8-12,17,19H,4-7,13-14H2,1-3H3/t17-,19-/m1/s1. The number of hydrogen-bond acceptors (Lipinski definition) is 6. The highest BCUT2D eigenvalue weighted by Gasteiger charge is 2.55. The van der Waals surface area contributed by atoms with Gasteiger partial charge < -0.3 is 4.74 Å². The van der Waals surface area contributed by atoms with Gasteiger partial charge in [0.05, 0.1) is 35.4 Å². The molecule has 0 saturated carbocycles. The maximum atomic E-state index is 13.3. The van der Waals surface area contributed by atoms with E-state index in [1.54, 1.807) is 12.1 Å². The molecule has 1 saturated heterocycles. The van der Waals surface area contributed by atoms with E-state index in [1.807, 2.05) is 6.92 Å². The van der Waals surface area contributed by atoms with Gasteiger partial charge in [-0.25, -0.2) is 21.1 Å². The predicted octanol–water partition coefficient (Wildman–Crippen LogP) is 2.34. The molecule has 1 amide bonds. The van der Waals surface area contributed by atoms with E-state index < -0.39 is 37.9 Å². The molecule has 1 aromatic rings. The van der Waals surface area contributed by atoms with Crippen LogP contribution in [-0.2, 0) is 24.8 Å². The highest BCUT2D eigenvalue weighted by Crippen LogP contribution is 2.42. The summed E-state index contributed by atoms with van der Waals surface area (Å²) in [6, 6.07) is 5.37. The molecule has 1 aromatic carbocycles. The molecule has 10 heteroatoms. The Hall–Kier alpha value is -1.91. The zero-order valence-electron chi connectivity index (χ0n) is 17.4. The van der Waals surface area contributed by atoms with Crippen molar-refractivity contribution in [2.24, 2.45) is 5.92 Å². The van der Waals surface area contributed by atoms with Gasteiger partial charge in [-0.2, -0.15) is 4.31 Å². The summed E-state index contributed by atoms with van der Waals surface area (Å²) in [5, 5.41) is 0. The Labute approximate surface area is 178 Å². The van der Waals surface area contributed by atoms with Crippen molar-refractivity contribution >= 4 is 26.0 Å². The van der Waals surface area contributed by atoms with E-state index in [4.69, 9.17) is 4.74 Å². The van der Waals surface area contributed by atoms with Crippen molar-refractivity contribution in [3.05, 3.63) is 36.0 Å². The first-order valence-corrected chi connectivity index (χ1v) is 13.4. The lowest BCUT2D eigenvalue weighted by molar-refractivity contribution is -0.127. The van der Waals surface area contributed by atoms with Crippen LogP contribution < -0.4 is 4.74 Å². The monoisotopic (exact) mass is 456 g/mol. The van der Waals surface area contributed by atoms with Crippen LogP contribution in [0.2, 0.25) is 0 Å². The van der Waals surface area contributed by atoms with Crippen LogP contribution in [0.1, 0.15) is 39.5 Å². The topological polar surface area (TPSA) is 101 Å². The minimum absolute atomic E-state index is 0.0244. The van der Waals surface area contributed by atoms with E-state index in [9.17, 15) is 21.6 Å². The molecule has 0 bridgehead atoms. The second-order valence-corrected chi connectivity index (χ2v) is 11.3. The van der Waals surface area contributed by atoms with Crippen LogP contribution in [0.5, 0.6) is 5.75 Å². The third-order valence-corrected chi connectivity index (χ3v) is 8.27. The van der Waals surface area contributed by atoms with Crippen LogP contribution in [0.15, 0.2) is 40.9 Å². The van der Waals surface area contributed by atoms with E-state index in [-0.39, 0.29) is 17.1 Å². The van der Waals surface area contributed by atoms with Gasteiger partial charge in [0.15, 0.2) is 0 Å². The van der Waals surface area contributed by atoms with Crippen molar-refractivity contribution in [3.8, 4) is 5.75 Å². The molecule has 2 aliphatic rings. The van der Waals surface area contributed by atoms with Gasteiger partial charge in [-0.05, 0) is 43.2 Å². The smallest absolute Gasteiger partial charge is 0.245 e. The van der Waals surface area contributed by atoms with Gasteiger partial charge in [0, 0.05) is 6.54 Å². The maximum Gasteiger partial charge on any atom is 0.245 e. The quantitative estimate of drug-likeness (QED) is 0.529. The molecule has 2 atom stereocenters. The number of nitrogens with zero attached hydrogens (tertiary/aromatic N) is 2. The van der Waals surface area contributed by atoms with Crippen molar-refractivity contribution in [3.63, 3.8) is 0 Å². The molecular formula is C20H28N2O6S2. The normalized spacial score (nSPS) is 22.3.